The van der Waals surface area contributed by atoms with Crippen LogP contribution in [0.4, 0.5) is 26.3 Å². The summed E-state index contributed by atoms with van der Waals surface area (Å²) in [6.07, 6.45) is -10.5. The Labute approximate surface area is 87.1 Å². The number of halogens is 6. The average molecular weight is 246 g/mol. The van der Waals surface area contributed by atoms with Gasteiger partial charge in [0, 0.05) is 11.5 Å². The first kappa shape index (κ1) is 13.1. The van der Waals surface area contributed by atoms with Crippen LogP contribution >= 0.6 is 0 Å². The maximum absolute atomic E-state index is 12.3. The van der Waals surface area contributed by atoms with E-state index in [-0.39, 0.29) is 6.29 Å². The van der Waals surface area contributed by atoms with E-state index in [0.29, 0.717) is 6.08 Å². The Morgan fingerprint density at radius 2 is 1.75 bits per heavy atom. The first-order valence-corrected chi connectivity index (χ1v) is 4.44. The van der Waals surface area contributed by atoms with E-state index >= 15 is 0 Å². The molecule has 16 heavy (non-hydrogen) atoms. The quantitative estimate of drug-likeness (QED) is 0.394. The van der Waals surface area contributed by atoms with Gasteiger partial charge >= 0.3 is 12.4 Å². The van der Waals surface area contributed by atoms with E-state index in [1.54, 1.807) is 0 Å². The minimum atomic E-state index is -4.65. The maximum Gasteiger partial charge on any atom is 0.412 e. The highest BCUT2D eigenvalue weighted by atomic mass is 19.4. The predicted octanol–water partition coefficient (Wildman–Crippen LogP) is 3.26. The number of rotatable bonds is 1. The van der Waals surface area contributed by atoms with Gasteiger partial charge in [-0.2, -0.15) is 26.3 Å². The van der Waals surface area contributed by atoms with Gasteiger partial charge in [-0.25, -0.2) is 0 Å². The Morgan fingerprint density at radius 1 is 1.19 bits per heavy atom. The fourth-order valence-corrected chi connectivity index (χ4v) is 1.67. The van der Waals surface area contributed by atoms with Crippen molar-refractivity contribution in [1.82, 2.24) is 0 Å². The minimum absolute atomic E-state index is 0.0447. The molecule has 0 N–H and O–H groups in total. The summed E-state index contributed by atoms with van der Waals surface area (Å²) < 4.78 is 73.6. The van der Waals surface area contributed by atoms with Gasteiger partial charge in [-0.3, -0.25) is 0 Å². The van der Waals surface area contributed by atoms with E-state index < -0.39 is 42.6 Å². The van der Waals surface area contributed by atoms with Crippen LogP contribution in [0.2, 0.25) is 0 Å². The summed E-state index contributed by atoms with van der Waals surface area (Å²) in [6, 6.07) is 0. The molecule has 0 fully saturated rings. The van der Waals surface area contributed by atoms with Gasteiger partial charge < -0.3 is 4.79 Å². The molecule has 0 amide bonds. The summed E-state index contributed by atoms with van der Waals surface area (Å²) >= 11 is 0. The van der Waals surface area contributed by atoms with Crippen LogP contribution in [0.3, 0.4) is 0 Å². The normalized spacial score (nSPS) is 27.5. The number of carbonyl (C=O) groups excluding carboxylic acids is 1. The molecule has 0 aromatic carbocycles. The molecule has 1 rings (SSSR count). The van der Waals surface area contributed by atoms with Crippen molar-refractivity contribution in [3.8, 4) is 0 Å². The largest absolute Gasteiger partial charge is 0.412 e. The molecule has 0 aromatic rings. The third-order valence-corrected chi connectivity index (χ3v) is 2.55. The Morgan fingerprint density at radius 3 is 2.12 bits per heavy atom. The summed E-state index contributed by atoms with van der Waals surface area (Å²) in [5, 5.41) is 0. The molecular weight excluding hydrogens is 238 g/mol. The van der Waals surface area contributed by atoms with Crippen molar-refractivity contribution in [2.75, 3.05) is 0 Å². The predicted molar refractivity (Wildman–Crippen MR) is 42.5 cm³/mol. The third-order valence-electron chi connectivity index (χ3n) is 2.55. The molecular formula is C9H8F6O. The molecule has 2 unspecified atom stereocenters. The Bertz CT molecular complexity index is 300. The minimum Gasteiger partial charge on any atom is -0.303 e. The molecule has 0 saturated heterocycles. The zero-order valence-electron chi connectivity index (χ0n) is 7.90. The van der Waals surface area contributed by atoms with Crippen LogP contribution in [0.15, 0.2) is 11.6 Å². The van der Waals surface area contributed by atoms with Gasteiger partial charge in [-0.1, -0.05) is 6.08 Å². The number of aldehydes is 1. The first-order chi connectivity index (χ1) is 7.16. The van der Waals surface area contributed by atoms with Gasteiger partial charge in [-0.15, -0.1) is 0 Å². The molecule has 0 bridgehead atoms. The van der Waals surface area contributed by atoms with Crippen LogP contribution < -0.4 is 0 Å². The molecule has 0 aromatic heterocycles. The van der Waals surface area contributed by atoms with Crippen LogP contribution in [0, 0.1) is 11.8 Å². The standard InChI is InChI=1S/C9H8F6O/c10-8(11,12)6-1-2-7(9(13,14)15)5(3-6)4-16/h1,4-5,7H,2-3H2. The van der Waals surface area contributed by atoms with Crippen LogP contribution in [0.5, 0.6) is 0 Å². The lowest BCUT2D eigenvalue weighted by molar-refractivity contribution is -0.191. The SMILES string of the molecule is O=CC1CC(C(F)(F)F)=CCC1C(F)(F)F. The van der Waals surface area contributed by atoms with Gasteiger partial charge in [0.2, 0.25) is 0 Å². The van der Waals surface area contributed by atoms with Crippen molar-refractivity contribution in [1.29, 1.82) is 0 Å². The fraction of sp³-hybridized carbons (Fsp3) is 0.667. The number of carbonyl (C=O) groups is 1. The summed E-state index contributed by atoms with van der Waals surface area (Å²) in [4.78, 5) is 10.4. The van der Waals surface area contributed by atoms with Gasteiger partial charge in [0.1, 0.15) is 6.29 Å². The Kier molecular flexibility index (Phi) is 3.35. The van der Waals surface area contributed by atoms with E-state index in [4.69, 9.17) is 0 Å². The van der Waals surface area contributed by atoms with Crippen molar-refractivity contribution < 1.29 is 31.1 Å². The maximum atomic E-state index is 12.3. The molecule has 0 saturated carbocycles. The third kappa shape index (κ3) is 2.76. The lowest BCUT2D eigenvalue weighted by Gasteiger charge is -2.29. The second kappa shape index (κ2) is 4.10. The molecule has 0 heterocycles. The second-order valence-corrected chi connectivity index (χ2v) is 3.61. The Hall–Kier alpha value is -1.01. The molecule has 0 radical (unpaired) electrons. The van der Waals surface area contributed by atoms with E-state index in [1.807, 2.05) is 0 Å². The van der Waals surface area contributed by atoms with Crippen LogP contribution in [0.1, 0.15) is 12.8 Å². The van der Waals surface area contributed by atoms with Crippen molar-refractivity contribution in [3.63, 3.8) is 0 Å². The second-order valence-electron chi connectivity index (χ2n) is 3.61. The molecule has 7 heteroatoms. The van der Waals surface area contributed by atoms with Gasteiger partial charge in [0.05, 0.1) is 5.92 Å². The summed E-state index contributed by atoms with van der Waals surface area (Å²) in [5.41, 5.74) is -1.05. The molecule has 0 spiro atoms. The topological polar surface area (TPSA) is 17.1 Å². The lowest BCUT2D eigenvalue weighted by atomic mass is 9.80. The van der Waals surface area contributed by atoms with Gasteiger partial charge in [0.25, 0.3) is 0 Å². The first-order valence-electron chi connectivity index (χ1n) is 4.44. The number of hydrogen-bond donors (Lipinski definition) is 0. The van der Waals surface area contributed by atoms with Gasteiger partial charge in [0.15, 0.2) is 0 Å². The molecule has 2 atom stereocenters. The van der Waals surface area contributed by atoms with E-state index in [2.05, 4.69) is 0 Å². The zero-order chi connectivity index (χ0) is 12.6. The molecule has 1 nitrogen and oxygen atoms in total. The highest BCUT2D eigenvalue weighted by Crippen LogP contribution is 2.43. The lowest BCUT2D eigenvalue weighted by Crippen LogP contribution is -2.35. The number of hydrogen-bond acceptors (Lipinski definition) is 1. The monoisotopic (exact) mass is 246 g/mol. The van der Waals surface area contributed by atoms with Crippen LogP contribution in [-0.4, -0.2) is 18.6 Å². The van der Waals surface area contributed by atoms with Crippen molar-refractivity contribution >= 4 is 6.29 Å². The van der Waals surface area contributed by atoms with Crippen molar-refractivity contribution in [3.05, 3.63) is 11.6 Å². The van der Waals surface area contributed by atoms with E-state index in [0.717, 1.165) is 0 Å². The number of allylic oxidation sites excluding steroid dienone is 2. The van der Waals surface area contributed by atoms with E-state index in [9.17, 15) is 31.1 Å². The van der Waals surface area contributed by atoms with Crippen molar-refractivity contribution in [2.24, 2.45) is 11.8 Å². The molecule has 1 aliphatic carbocycles. The smallest absolute Gasteiger partial charge is 0.303 e. The summed E-state index contributed by atoms with van der Waals surface area (Å²) in [7, 11) is 0. The summed E-state index contributed by atoms with van der Waals surface area (Å²) in [5.74, 6) is -3.64. The highest BCUT2D eigenvalue weighted by molar-refractivity contribution is 5.56. The van der Waals surface area contributed by atoms with Crippen molar-refractivity contribution in [2.45, 2.75) is 25.2 Å². The zero-order valence-corrected chi connectivity index (χ0v) is 7.90. The fourth-order valence-electron chi connectivity index (χ4n) is 1.67. The molecule has 92 valence electrons. The van der Waals surface area contributed by atoms with Crippen LogP contribution in [0.25, 0.3) is 0 Å². The van der Waals surface area contributed by atoms with Crippen LogP contribution in [-0.2, 0) is 4.79 Å². The number of alkyl halides is 6. The van der Waals surface area contributed by atoms with E-state index in [1.165, 1.54) is 0 Å². The highest BCUT2D eigenvalue weighted by Gasteiger charge is 2.48. The average Bonchev–Trinajstić information content (AvgIpc) is 2.14. The Balaban J connectivity index is 2.91. The molecule has 0 aliphatic heterocycles. The van der Waals surface area contributed by atoms with Gasteiger partial charge in [-0.05, 0) is 12.8 Å². The molecule has 1 aliphatic rings. The summed E-state index contributed by atoms with van der Waals surface area (Å²) in [6.45, 7) is 0.